The SMILES string of the molecule is CC.CO[n+]1ccc(C(N)=O)cc1.Cc1cc2c3c(c1)C(c1ccccc1)=NCC(=O)N3CC2. The average Bonchev–Trinajstić information content (AvgIpc) is 3.24. The highest BCUT2D eigenvalue weighted by molar-refractivity contribution is 6.20. The van der Waals surface area contributed by atoms with Crippen LogP contribution in [0.15, 0.2) is 72.0 Å². The molecule has 2 amide bonds. The maximum atomic E-state index is 12.3. The summed E-state index contributed by atoms with van der Waals surface area (Å²) in [4.78, 5) is 34.2. The van der Waals surface area contributed by atoms with E-state index in [9.17, 15) is 9.59 Å². The number of anilines is 1. The molecule has 7 nitrogen and oxygen atoms in total. The highest BCUT2D eigenvalue weighted by Gasteiger charge is 2.31. The zero-order valence-electron chi connectivity index (χ0n) is 20.1. The van der Waals surface area contributed by atoms with Gasteiger partial charge < -0.3 is 10.6 Å². The van der Waals surface area contributed by atoms with Gasteiger partial charge in [-0.3, -0.25) is 19.4 Å². The van der Waals surface area contributed by atoms with E-state index in [1.165, 1.54) is 23.0 Å². The lowest BCUT2D eigenvalue weighted by molar-refractivity contribution is -0.885. The second-order valence-electron chi connectivity index (χ2n) is 7.64. The Morgan fingerprint density at radius 3 is 2.38 bits per heavy atom. The molecule has 2 aliphatic heterocycles. The highest BCUT2D eigenvalue weighted by atomic mass is 16.6. The van der Waals surface area contributed by atoms with Crippen LogP contribution in [0, 0.1) is 6.92 Å². The summed E-state index contributed by atoms with van der Waals surface area (Å²) in [7, 11) is 1.53. The fraction of sp³-hybridized carbons (Fsp3) is 0.259. The van der Waals surface area contributed by atoms with Crippen LogP contribution in [0.2, 0.25) is 0 Å². The third-order valence-corrected chi connectivity index (χ3v) is 5.48. The summed E-state index contributed by atoms with van der Waals surface area (Å²) >= 11 is 0. The minimum Gasteiger partial charge on any atom is -0.366 e. The van der Waals surface area contributed by atoms with Crippen LogP contribution >= 0.6 is 0 Å². The molecule has 0 saturated carbocycles. The second kappa shape index (κ2) is 11.2. The van der Waals surface area contributed by atoms with Gasteiger partial charge in [-0.15, -0.1) is 0 Å². The molecular formula is C27H31N4O3+. The molecule has 0 bridgehead atoms. The molecule has 2 aliphatic rings. The Balaban J connectivity index is 0.000000212. The lowest BCUT2D eigenvalue weighted by atomic mass is 9.96. The van der Waals surface area contributed by atoms with Crippen molar-refractivity contribution in [3.63, 3.8) is 0 Å². The number of primary amides is 1. The van der Waals surface area contributed by atoms with Crippen molar-refractivity contribution in [2.45, 2.75) is 27.2 Å². The van der Waals surface area contributed by atoms with Crippen LogP contribution in [0.3, 0.4) is 0 Å². The van der Waals surface area contributed by atoms with Gasteiger partial charge in [0.1, 0.15) is 13.7 Å². The maximum absolute atomic E-state index is 12.3. The summed E-state index contributed by atoms with van der Waals surface area (Å²) in [5.74, 6) is -0.335. The average molecular weight is 460 g/mol. The van der Waals surface area contributed by atoms with Crippen molar-refractivity contribution in [2.24, 2.45) is 10.7 Å². The lowest BCUT2D eigenvalue weighted by Gasteiger charge is -2.18. The number of benzene rings is 2. The summed E-state index contributed by atoms with van der Waals surface area (Å²) in [6.45, 7) is 7.12. The lowest BCUT2D eigenvalue weighted by Crippen LogP contribution is -2.39. The molecule has 3 heterocycles. The van der Waals surface area contributed by atoms with Gasteiger partial charge in [0.25, 0.3) is 0 Å². The number of carbonyl (C=O) groups excluding carboxylic acids is 2. The molecular weight excluding hydrogens is 428 g/mol. The quantitative estimate of drug-likeness (QED) is 0.611. The smallest absolute Gasteiger partial charge is 0.249 e. The molecule has 5 rings (SSSR count). The normalized spacial score (nSPS) is 13.4. The van der Waals surface area contributed by atoms with Crippen molar-refractivity contribution in [3.8, 4) is 0 Å². The number of hydrogen-bond donors (Lipinski definition) is 1. The van der Waals surface area contributed by atoms with E-state index in [2.05, 4.69) is 36.2 Å². The Labute approximate surface area is 200 Å². The van der Waals surface area contributed by atoms with Crippen LogP contribution in [0.4, 0.5) is 5.69 Å². The minimum atomic E-state index is -0.437. The molecule has 1 aromatic heterocycles. The van der Waals surface area contributed by atoms with E-state index in [-0.39, 0.29) is 12.5 Å². The number of nitrogens with zero attached hydrogens (tertiary/aromatic N) is 3. The van der Waals surface area contributed by atoms with Crippen LogP contribution < -0.4 is 20.2 Å². The summed E-state index contributed by atoms with van der Waals surface area (Å²) in [5.41, 5.74) is 12.2. The van der Waals surface area contributed by atoms with Gasteiger partial charge in [-0.05, 0) is 25.0 Å². The van der Waals surface area contributed by atoms with Gasteiger partial charge >= 0.3 is 0 Å². The molecule has 0 atom stereocenters. The molecule has 0 aliphatic carbocycles. The number of hydrogen-bond acceptors (Lipinski definition) is 4. The van der Waals surface area contributed by atoms with Gasteiger partial charge in [0.15, 0.2) is 0 Å². The largest absolute Gasteiger partial charge is 0.366 e. The van der Waals surface area contributed by atoms with Gasteiger partial charge in [-0.25, -0.2) is 0 Å². The number of pyridine rings is 1. The van der Waals surface area contributed by atoms with Crippen LogP contribution in [-0.2, 0) is 11.2 Å². The Kier molecular flexibility index (Phi) is 8.14. The first-order valence-corrected chi connectivity index (χ1v) is 11.4. The number of amides is 2. The van der Waals surface area contributed by atoms with Gasteiger partial charge in [0.05, 0.1) is 17.0 Å². The standard InChI is InChI=1S/C18H16N2O.C7H8N2O2.C2H6/c1-12-9-14-7-8-20-16(21)11-19-17(15(10-12)18(14)20)13-5-3-2-4-6-13;1-11-9-4-2-6(3-5-9)7(8)10;1-2/h2-6,9-10H,7-8,11H2,1H3;2-5H,1H3,(H-,8,10);1-2H3/p+1. The Hall–Kier alpha value is -4.00. The molecule has 2 aromatic carbocycles. The van der Waals surface area contributed by atoms with Crippen molar-refractivity contribution in [1.29, 1.82) is 0 Å². The third-order valence-electron chi connectivity index (χ3n) is 5.48. The molecule has 2 N–H and O–H groups in total. The van der Waals surface area contributed by atoms with Crippen molar-refractivity contribution < 1.29 is 19.2 Å². The van der Waals surface area contributed by atoms with E-state index in [0.717, 1.165) is 35.5 Å². The first-order valence-electron chi connectivity index (χ1n) is 11.4. The number of nitrogens with two attached hydrogens (primary N) is 1. The summed E-state index contributed by atoms with van der Waals surface area (Å²) in [6.07, 6.45) is 4.16. The molecule has 0 spiro atoms. The first kappa shape index (κ1) is 24.6. The highest BCUT2D eigenvalue weighted by Crippen LogP contribution is 2.36. The van der Waals surface area contributed by atoms with E-state index in [0.29, 0.717) is 5.56 Å². The second-order valence-corrected chi connectivity index (χ2v) is 7.64. The molecule has 0 fully saturated rings. The Morgan fingerprint density at radius 1 is 1.09 bits per heavy atom. The molecule has 34 heavy (non-hydrogen) atoms. The summed E-state index contributed by atoms with van der Waals surface area (Å²) in [5, 5.41) is 0. The van der Waals surface area contributed by atoms with Gasteiger partial charge in [-0.2, -0.15) is 0 Å². The molecule has 0 radical (unpaired) electrons. The van der Waals surface area contributed by atoms with Crippen LogP contribution in [0.25, 0.3) is 0 Å². The Bertz CT molecular complexity index is 1190. The predicted octanol–water partition coefficient (Wildman–Crippen LogP) is 2.89. The van der Waals surface area contributed by atoms with Gasteiger partial charge in [0.2, 0.25) is 24.2 Å². The van der Waals surface area contributed by atoms with E-state index >= 15 is 0 Å². The third kappa shape index (κ3) is 5.31. The topological polar surface area (TPSA) is 88.9 Å². The van der Waals surface area contributed by atoms with E-state index < -0.39 is 5.91 Å². The van der Waals surface area contributed by atoms with Gasteiger partial charge in [-0.1, -0.05) is 55.8 Å². The van der Waals surface area contributed by atoms with Crippen molar-refractivity contribution in [3.05, 3.63) is 94.8 Å². The maximum Gasteiger partial charge on any atom is 0.249 e. The number of aromatic nitrogens is 1. The minimum absolute atomic E-state index is 0.102. The van der Waals surface area contributed by atoms with Crippen LogP contribution in [0.5, 0.6) is 0 Å². The van der Waals surface area contributed by atoms with Crippen molar-refractivity contribution in [2.75, 3.05) is 25.1 Å². The molecule has 0 unspecified atom stereocenters. The van der Waals surface area contributed by atoms with E-state index in [1.807, 2.05) is 36.9 Å². The molecule has 0 saturated heterocycles. The zero-order chi connectivity index (χ0) is 24.7. The fourth-order valence-corrected chi connectivity index (χ4v) is 4.00. The summed E-state index contributed by atoms with van der Waals surface area (Å²) in [6, 6.07) is 17.7. The number of aryl methyl sites for hydroxylation is 1. The number of carbonyl (C=O) groups is 2. The Morgan fingerprint density at radius 2 is 1.76 bits per heavy atom. The first-order chi connectivity index (χ1) is 16.5. The monoisotopic (exact) mass is 459 g/mol. The van der Waals surface area contributed by atoms with Crippen LogP contribution in [-0.4, -0.2) is 37.7 Å². The van der Waals surface area contributed by atoms with Crippen LogP contribution in [0.1, 0.15) is 46.5 Å². The van der Waals surface area contributed by atoms with E-state index in [4.69, 9.17) is 10.6 Å². The van der Waals surface area contributed by atoms with Crippen molar-refractivity contribution in [1.82, 2.24) is 0 Å². The number of aliphatic imine (C=N–C) groups is 1. The predicted molar refractivity (Wildman–Crippen MR) is 133 cm³/mol. The van der Waals surface area contributed by atoms with Crippen molar-refractivity contribution >= 4 is 23.2 Å². The summed E-state index contributed by atoms with van der Waals surface area (Å²) < 4.78 is 1.46. The molecule has 176 valence electrons. The number of rotatable bonds is 3. The van der Waals surface area contributed by atoms with Gasteiger partial charge in [0, 0.05) is 34.5 Å². The fourth-order valence-electron chi connectivity index (χ4n) is 4.00. The zero-order valence-corrected chi connectivity index (χ0v) is 20.1. The molecule has 3 aromatic rings. The van der Waals surface area contributed by atoms with E-state index in [1.54, 1.807) is 24.5 Å². The molecule has 7 heteroatoms.